The summed E-state index contributed by atoms with van der Waals surface area (Å²) in [6.45, 7) is -0.514. The molecule has 0 heterocycles. The number of carbonyl (C=O) groups is 2. The number of anilines is 1. The summed E-state index contributed by atoms with van der Waals surface area (Å²) in [4.78, 5) is 34.0. The normalized spacial score (nSPS) is 10.0. The lowest BCUT2D eigenvalue weighted by Crippen LogP contribution is -2.21. The van der Waals surface area contributed by atoms with Crippen LogP contribution in [0.2, 0.25) is 0 Å². The van der Waals surface area contributed by atoms with Crippen molar-refractivity contribution in [2.75, 3.05) is 19.0 Å². The largest absolute Gasteiger partial charge is 0.494 e. The summed E-state index contributed by atoms with van der Waals surface area (Å²) >= 11 is 3.22. The van der Waals surface area contributed by atoms with Crippen molar-refractivity contribution in [1.29, 1.82) is 0 Å². The molecular formula is C16H13BrN2O6. The quantitative estimate of drug-likeness (QED) is 0.446. The summed E-state index contributed by atoms with van der Waals surface area (Å²) in [5.74, 6) is -1.13. The van der Waals surface area contributed by atoms with Crippen molar-refractivity contribution in [2.45, 2.75) is 0 Å². The Morgan fingerprint density at radius 3 is 2.60 bits per heavy atom. The van der Waals surface area contributed by atoms with Crippen LogP contribution in [0.5, 0.6) is 5.75 Å². The second-order valence-electron chi connectivity index (χ2n) is 4.75. The second kappa shape index (κ2) is 8.25. The number of nitro groups is 1. The number of halogens is 1. The standard InChI is InChI=1S/C16H13BrN2O6/c1-24-14-8-10(19(22)23)6-7-13(14)18-15(20)9-25-16(21)11-4-2-3-5-12(11)17/h2-8H,9H2,1H3,(H,18,20). The summed E-state index contributed by atoms with van der Waals surface area (Å²) in [6, 6.07) is 10.4. The van der Waals surface area contributed by atoms with Crippen LogP contribution in [-0.4, -0.2) is 30.5 Å². The summed E-state index contributed by atoms with van der Waals surface area (Å²) in [5.41, 5.74) is 0.355. The molecule has 25 heavy (non-hydrogen) atoms. The van der Waals surface area contributed by atoms with E-state index in [1.807, 2.05) is 0 Å². The van der Waals surface area contributed by atoms with Gasteiger partial charge in [0.25, 0.3) is 11.6 Å². The maximum Gasteiger partial charge on any atom is 0.339 e. The monoisotopic (exact) mass is 408 g/mol. The highest BCUT2D eigenvalue weighted by Gasteiger charge is 2.16. The molecule has 130 valence electrons. The molecule has 0 aliphatic heterocycles. The number of nitro benzene ring substituents is 1. The third-order valence-electron chi connectivity index (χ3n) is 3.10. The number of methoxy groups -OCH3 is 1. The minimum Gasteiger partial charge on any atom is -0.494 e. The van der Waals surface area contributed by atoms with Crippen molar-refractivity contribution >= 4 is 39.2 Å². The number of hydrogen-bond donors (Lipinski definition) is 1. The van der Waals surface area contributed by atoms with Gasteiger partial charge in [-0.3, -0.25) is 14.9 Å². The molecule has 0 radical (unpaired) electrons. The van der Waals surface area contributed by atoms with E-state index in [1.54, 1.807) is 24.3 Å². The molecule has 0 unspecified atom stereocenters. The number of nitrogens with one attached hydrogen (secondary N) is 1. The highest BCUT2D eigenvalue weighted by atomic mass is 79.9. The highest BCUT2D eigenvalue weighted by Crippen LogP contribution is 2.28. The molecule has 0 fully saturated rings. The van der Waals surface area contributed by atoms with Crippen LogP contribution in [0, 0.1) is 10.1 Å². The Hall–Kier alpha value is -2.94. The van der Waals surface area contributed by atoms with Gasteiger partial charge in [-0.25, -0.2) is 4.79 Å². The zero-order valence-electron chi connectivity index (χ0n) is 13.0. The number of ether oxygens (including phenoxy) is 2. The summed E-state index contributed by atoms with van der Waals surface area (Å²) in [6.07, 6.45) is 0. The summed E-state index contributed by atoms with van der Waals surface area (Å²) < 4.78 is 10.5. The number of non-ortho nitro benzene ring substituents is 1. The maximum atomic E-state index is 11.9. The Morgan fingerprint density at radius 1 is 1.24 bits per heavy atom. The van der Waals surface area contributed by atoms with Crippen LogP contribution < -0.4 is 10.1 Å². The van der Waals surface area contributed by atoms with Crippen LogP contribution in [0.25, 0.3) is 0 Å². The highest BCUT2D eigenvalue weighted by molar-refractivity contribution is 9.10. The van der Waals surface area contributed by atoms with Crippen molar-refractivity contribution < 1.29 is 24.0 Å². The lowest BCUT2D eigenvalue weighted by Gasteiger charge is -2.10. The molecule has 0 spiro atoms. The number of nitrogens with zero attached hydrogens (tertiary/aromatic N) is 1. The fourth-order valence-electron chi connectivity index (χ4n) is 1.92. The Morgan fingerprint density at radius 2 is 1.96 bits per heavy atom. The zero-order chi connectivity index (χ0) is 18.4. The predicted octanol–water partition coefficient (Wildman–Crippen LogP) is 3.16. The van der Waals surface area contributed by atoms with Gasteiger partial charge in [-0.2, -0.15) is 0 Å². The van der Waals surface area contributed by atoms with Crippen molar-refractivity contribution in [3.8, 4) is 5.75 Å². The third kappa shape index (κ3) is 4.77. The molecule has 0 aromatic heterocycles. The fourth-order valence-corrected chi connectivity index (χ4v) is 2.37. The molecule has 0 saturated carbocycles. The fraction of sp³-hybridized carbons (Fsp3) is 0.125. The molecule has 0 aliphatic carbocycles. The SMILES string of the molecule is COc1cc([N+](=O)[O-])ccc1NC(=O)COC(=O)c1ccccc1Br. The Balaban J connectivity index is 2.00. The van der Waals surface area contributed by atoms with Gasteiger partial charge in [0.05, 0.1) is 29.4 Å². The van der Waals surface area contributed by atoms with Gasteiger partial charge in [0.1, 0.15) is 5.75 Å². The smallest absolute Gasteiger partial charge is 0.339 e. The van der Waals surface area contributed by atoms with Crippen LogP contribution in [0.4, 0.5) is 11.4 Å². The lowest BCUT2D eigenvalue weighted by molar-refractivity contribution is -0.384. The molecule has 0 saturated heterocycles. The number of carbonyl (C=O) groups excluding carboxylic acids is 2. The van der Waals surface area contributed by atoms with Gasteiger partial charge < -0.3 is 14.8 Å². The van der Waals surface area contributed by atoms with Crippen molar-refractivity contribution in [2.24, 2.45) is 0 Å². The molecule has 1 N–H and O–H groups in total. The van der Waals surface area contributed by atoms with Gasteiger partial charge >= 0.3 is 5.97 Å². The molecule has 0 bridgehead atoms. The molecular weight excluding hydrogens is 396 g/mol. The maximum absolute atomic E-state index is 11.9. The van der Waals surface area contributed by atoms with Crippen LogP contribution in [-0.2, 0) is 9.53 Å². The summed E-state index contributed by atoms with van der Waals surface area (Å²) in [7, 11) is 1.32. The molecule has 1 amide bonds. The minimum absolute atomic E-state index is 0.125. The predicted molar refractivity (Wildman–Crippen MR) is 92.7 cm³/mol. The van der Waals surface area contributed by atoms with Gasteiger partial charge in [0, 0.05) is 10.5 Å². The van der Waals surface area contributed by atoms with Crippen LogP contribution in [0.3, 0.4) is 0 Å². The van der Waals surface area contributed by atoms with E-state index in [0.717, 1.165) is 0 Å². The number of amides is 1. The Bertz CT molecular complexity index is 824. The van der Waals surface area contributed by atoms with Gasteiger partial charge in [-0.1, -0.05) is 12.1 Å². The Labute approximate surface area is 151 Å². The number of rotatable bonds is 6. The zero-order valence-corrected chi connectivity index (χ0v) is 14.6. The first-order chi connectivity index (χ1) is 11.9. The average Bonchev–Trinajstić information content (AvgIpc) is 2.60. The topological polar surface area (TPSA) is 108 Å². The van der Waals surface area contributed by atoms with Crippen molar-refractivity contribution in [3.63, 3.8) is 0 Å². The molecule has 2 aromatic rings. The summed E-state index contributed by atoms with van der Waals surface area (Å²) in [5, 5.41) is 13.2. The first-order valence-electron chi connectivity index (χ1n) is 6.96. The van der Waals surface area contributed by atoms with Crippen LogP contribution >= 0.6 is 15.9 Å². The van der Waals surface area contributed by atoms with E-state index >= 15 is 0 Å². The van der Waals surface area contributed by atoms with Crippen molar-refractivity contribution in [1.82, 2.24) is 0 Å². The van der Waals surface area contributed by atoms with E-state index in [4.69, 9.17) is 9.47 Å². The number of esters is 1. The van der Waals surface area contributed by atoms with E-state index < -0.39 is 23.4 Å². The van der Waals surface area contributed by atoms with E-state index in [0.29, 0.717) is 10.0 Å². The number of hydrogen-bond acceptors (Lipinski definition) is 6. The van der Waals surface area contributed by atoms with Crippen LogP contribution in [0.1, 0.15) is 10.4 Å². The van der Waals surface area contributed by atoms with Gasteiger partial charge in [0.2, 0.25) is 0 Å². The average molecular weight is 409 g/mol. The first-order valence-corrected chi connectivity index (χ1v) is 7.75. The Kier molecular flexibility index (Phi) is 6.07. The molecule has 8 nitrogen and oxygen atoms in total. The molecule has 2 rings (SSSR count). The first kappa shape index (κ1) is 18.4. The minimum atomic E-state index is -0.654. The number of benzene rings is 2. The van der Waals surface area contributed by atoms with E-state index in [9.17, 15) is 19.7 Å². The molecule has 2 aromatic carbocycles. The van der Waals surface area contributed by atoms with Gasteiger partial charge in [0.15, 0.2) is 6.61 Å². The van der Waals surface area contributed by atoms with E-state index in [1.165, 1.54) is 25.3 Å². The molecule has 0 atom stereocenters. The van der Waals surface area contributed by atoms with E-state index in [-0.39, 0.29) is 17.1 Å². The lowest BCUT2D eigenvalue weighted by atomic mass is 10.2. The molecule has 0 aliphatic rings. The third-order valence-corrected chi connectivity index (χ3v) is 3.79. The van der Waals surface area contributed by atoms with Crippen molar-refractivity contribution in [3.05, 3.63) is 62.6 Å². The van der Waals surface area contributed by atoms with E-state index in [2.05, 4.69) is 21.2 Å². The van der Waals surface area contributed by atoms with Gasteiger partial charge in [-0.05, 0) is 34.1 Å². The molecule has 9 heteroatoms. The van der Waals surface area contributed by atoms with Crippen LogP contribution in [0.15, 0.2) is 46.9 Å². The van der Waals surface area contributed by atoms with Gasteiger partial charge in [-0.15, -0.1) is 0 Å². The second-order valence-corrected chi connectivity index (χ2v) is 5.60.